The zero-order valence-electron chi connectivity index (χ0n) is 8.20. The van der Waals surface area contributed by atoms with Crippen LogP contribution in [0.1, 0.15) is 19.7 Å². The van der Waals surface area contributed by atoms with Gasteiger partial charge in [-0.3, -0.25) is 0 Å². The summed E-state index contributed by atoms with van der Waals surface area (Å²) in [7, 11) is 0. The van der Waals surface area contributed by atoms with Crippen LogP contribution in [-0.2, 0) is 4.74 Å². The van der Waals surface area contributed by atoms with Gasteiger partial charge < -0.3 is 14.6 Å². The molecular weight excluding hydrogens is 170 g/mol. The fourth-order valence-electron chi connectivity index (χ4n) is 0.821. The zero-order valence-corrected chi connectivity index (χ0v) is 8.20. The second-order valence-corrected chi connectivity index (χ2v) is 2.99. The molecule has 1 aromatic rings. The van der Waals surface area contributed by atoms with Gasteiger partial charge >= 0.3 is 6.01 Å². The molecule has 1 N–H and O–H groups in total. The van der Waals surface area contributed by atoms with Gasteiger partial charge in [-0.1, -0.05) is 5.16 Å². The van der Waals surface area contributed by atoms with Crippen LogP contribution in [-0.4, -0.2) is 29.4 Å². The molecule has 1 aromatic heterocycles. The van der Waals surface area contributed by atoms with Crippen LogP contribution in [0.15, 0.2) is 4.52 Å². The van der Waals surface area contributed by atoms with Gasteiger partial charge in [0.15, 0.2) is 5.82 Å². The maximum absolute atomic E-state index is 5.32. The molecule has 0 fully saturated rings. The Labute approximate surface area is 77.5 Å². The summed E-state index contributed by atoms with van der Waals surface area (Å²) >= 11 is 0. The van der Waals surface area contributed by atoms with E-state index >= 15 is 0 Å². The largest absolute Gasteiger partial charge is 0.377 e. The van der Waals surface area contributed by atoms with E-state index < -0.39 is 0 Å². The van der Waals surface area contributed by atoms with E-state index in [1.165, 1.54) is 0 Å². The first kappa shape index (κ1) is 9.98. The lowest BCUT2D eigenvalue weighted by molar-refractivity contribution is 0.0867. The van der Waals surface area contributed by atoms with Crippen LogP contribution in [0.4, 0.5) is 6.01 Å². The molecule has 0 saturated heterocycles. The van der Waals surface area contributed by atoms with Crippen molar-refractivity contribution in [3.8, 4) is 0 Å². The van der Waals surface area contributed by atoms with Crippen molar-refractivity contribution in [2.24, 2.45) is 0 Å². The average molecular weight is 185 g/mol. The normalized spacial score (nSPS) is 10.8. The minimum Gasteiger partial charge on any atom is -0.377 e. The Morgan fingerprint density at radius 2 is 2.31 bits per heavy atom. The summed E-state index contributed by atoms with van der Waals surface area (Å²) < 4.78 is 10.2. The summed E-state index contributed by atoms with van der Waals surface area (Å²) in [4.78, 5) is 3.98. The van der Waals surface area contributed by atoms with Crippen LogP contribution in [0, 0.1) is 6.92 Å². The molecule has 1 heterocycles. The number of anilines is 1. The molecule has 5 heteroatoms. The predicted octanol–water partition coefficient (Wildman–Crippen LogP) is 1.21. The smallest absolute Gasteiger partial charge is 0.321 e. The third-order valence-electron chi connectivity index (χ3n) is 1.36. The van der Waals surface area contributed by atoms with E-state index in [-0.39, 0.29) is 6.10 Å². The van der Waals surface area contributed by atoms with Crippen LogP contribution in [0.3, 0.4) is 0 Å². The Balaban J connectivity index is 2.13. The van der Waals surface area contributed by atoms with Gasteiger partial charge in [-0.25, -0.2) is 0 Å². The van der Waals surface area contributed by atoms with E-state index in [4.69, 9.17) is 9.26 Å². The molecule has 0 radical (unpaired) electrons. The lowest BCUT2D eigenvalue weighted by Gasteiger charge is -2.06. The first-order chi connectivity index (χ1) is 6.18. The van der Waals surface area contributed by atoms with Gasteiger partial charge in [-0.2, -0.15) is 4.98 Å². The molecule has 74 valence electrons. The van der Waals surface area contributed by atoms with Crippen molar-refractivity contribution < 1.29 is 9.26 Å². The van der Waals surface area contributed by atoms with Crippen LogP contribution < -0.4 is 5.32 Å². The lowest BCUT2D eigenvalue weighted by atomic mass is 10.5. The minimum atomic E-state index is 0.256. The first-order valence-corrected chi connectivity index (χ1v) is 4.34. The molecule has 0 unspecified atom stereocenters. The van der Waals surface area contributed by atoms with Crippen molar-refractivity contribution in [2.75, 3.05) is 18.5 Å². The van der Waals surface area contributed by atoms with Gasteiger partial charge in [0, 0.05) is 6.54 Å². The van der Waals surface area contributed by atoms with Gasteiger partial charge in [0.2, 0.25) is 0 Å². The van der Waals surface area contributed by atoms with Gasteiger partial charge in [-0.15, -0.1) is 0 Å². The third kappa shape index (κ3) is 3.89. The van der Waals surface area contributed by atoms with E-state index in [1.54, 1.807) is 6.92 Å². The van der Waals surface area contributed by atoms with Crippen molar-refractivity contribution in [1.29, 1.82) is 0 Å². The molecule has 0 aromatic carbocycles. The minimum absolute atomic E-state index is 0.256. The summed E-state index contributed by atoms with van der Waals surface area (Å²) in [6.45, 7) is 7.09. The standard InChI is InChI=1S/C8H15N3O2/c1-6(2)12-5-4-9-8-10-7(3)11-13-8/h6H,4-5H2,1-3H3,(H,9,10,11). The summed E-state index contributed by atoms with van der Waals surface area (Å²) in [5, 5.41) is 6.60. The fraction of sp³-hybridized carbons (Fsp3) is 0.750. The highest BCUT2D eigenvalue weighted by molar-refractivity contribution is 5.17. The first-order valence-electron chi connectivity index (χ1n) is 4.34. The molecule has 1 rings (SSSR count). The predicted molar refractivity (Wildman–Crippen MR) is 48.6 cm³/mol. The number of hydrogen-bond acceptors (Lipinski definition) is 5. The van der Waals surface area contributed by atoms with E-state index in [1.807, 2.05) is 13.8 Å². The van der Waals surface area contributed by atoms with Crippen molar-refractivity contribution in [3.63, 3.8) is 0 Å². The number of aryl methyl sites for hydroxylation is 1. The molecule has 5 nitrogen and oxygen atoms in total. The monoisotopic (exact) mass is 185 g/mol. The molecular formula is C8H15N3O2. The maximum atomic E-state index is 5.32. The molecule has 0 aliphatic rings. The average Bonchev–Trinajstić information content (AvgIpc) is 2.45. The Morgan fingerprint density at radius 1 is 1.54 bits per heavy atom. The van der Waals surface area contributed by atoms with Crippen LogP contribution in [0.25, 0.3) is 0 Å². The molecule has 0 aliphatic heterocycles. The van der Waals surface area contributed by atoms with Crippen LogP contribution >= 0.6 is 0 Å². The van der Waals surface area contributed by atoms with E-state index in [9.17, 15) is 0 Å². The van der Waals surface area contributed by atoms with Gasteiger partial charge in [0.05, 0.1) is 12.7 Å². The van der Waals surface area contributed by atoms with Gasteiger partial charge in [0.1, 0.15) is 0 Å². The number of aromatic nitrogens is 2. The molecule has 0 bridgehead atoms. The summed E-state index contributed by atoms with van der Waals surface area (Å²) in [5.74, 6) is 0.632. The van der Waals surface area contributed by atoms with Crippen molar-refractivity contribution in [1.82, 2.24) is 10.1 Å². The molecule has 0 amide bonds. The molecule has 0 saturated carbocycles. The second kappa shape index (κ2) is 4.81. The van der Waals surface area contributed by atoms with Crippen molar-refractivity contribution in [3.05, 3.63) is 5.82 Å². The third-order valence-corrected chi connectivity index (χ3v) is 1.36. The summed E-state index contributed by atoms with van der Waals surface area (Å²) in [5.41, 5.74) is 0. The van der Waals surface area contributed by atoms with E-state index in [0.29, 0.717) is 25.0 Å². The Kier molecular flexibility index (Phi) is 3.70. The topological polar surface area (TPSA) is 60.2 Å². The Morgan fingerprint density at radius 3 is 2.85 bits per heavy atom. The highest BCUT2D eigenvalue weighted by atomic mass is 16.5. The molecule has 0 atom stereocenters. The van der Waals surface area contributed by atoms with E-state index in [2.05, 4.69) is 15.5 Å². The zero-order chi connectivity index (χ0) is 9.68. The number of nitrogens with zero attached hydrogens (tertiary/aromatic N) is 2. The molecule has 0 aliphatic carbocycles. The highest BCUT2D eigenvalue weighted by Gasteiger charge is 2.00. The van der Waals surface area contributed by atoms with Crippen molar-refractivity contribution >= 4 is 6.01 Å². The maximum Gasteiger partial charge on any atom is 0.321 e. The molecule has 0 spiro atoms. The second-order valence-electron chi connectivity index (χ2n) is 2.99. The highest BCUT2D eigenvalue weighted by Crippen LogP contribution is 2.00. The fourth-order valence-corrected chi connectivity index (χ4v) is 0.821. The van der Waals surface area contributed by atoms with Gasteiger partial charge in [-0.05, 0) is 20.8 Å². The number of hydrogen-bond donors (Lipinski definition) is 1. The molecule has 13 heavy (non-hydrogen) atoms. The van der Waals surface area contributed by atoms with Crippen LogP contribution in [0.2, 0.25) is 0 Å². The lowest BCUT2D eigenvalue weighted by Crippen LogP contribution is -2.13. The van der Waals surface area contributed by atoms with Crippen LogP contribution in [0.5, 0.6) is 0 Å². The number of ether oxygens (including phenoxy) is 1. The number of rotatable bonds is 5. The summed E-state index contributed by atoms with van der Waals surface area (Å²) in [6.07, 6.45) is 0.256. The van der Waals surface area contributed by atoms with Crippen molar-refractivity contribution in [2.45, 2.75) is 26.9 Å². The number of nitrogens with one attached hydrogen (secondary N) is 1. The Hall–Kier alpha value is -1.10. The SMILES string of the molecule is Cc1noc(NCCOC(C)C)n1. The Bertz CT molecular complexity index is 247. The van der Waals surface area contributed by atoms with Gasteiger partial charge in [0.25, 0.3) is 0 Å². The quantitative estimate of drug-likeness (QED) is 0.699. The summed E-state index contributed by atoms with van der Waals surface area (Å²) in [6, 6.07) is 0.449. The van der Waals surface area contributed by atoms with E-state index in [0.717, 1.165) is 0 Å².